The first-order valence-electron chi connectivity index (χ1n) is 4.71. The Bertz CT molecular complexity index is 406. The third-order valence-corrected chi connectivity index (χ3v) is 2.50. The molecule has 0 amide bonds. The van der Waals surface area contributed by atoms with Gasteiger partial charge in [-0.3, -0.25) is 0 Å². The number of aliphatic hydroxyl groups excluding tert-OH is 2. The molecule has 1 aliphatic heterocycles. The fourth-order valence-corrected chi connectivity index (χ4v) is 1.63. The summed E-state index contributed by atoms with van der Waals surface area (Å²) >= 11 is 0. The summed E-state index contributed by atoms with van der Waals surface area (Å²) in [6.07, 6.45) is -1.93. The van der Waals surface area contributed by atoms with Crippen LogP contribution in [-0.2, 0) is 0 Å². The maximum atomic E-state index is 13.4. The van der Waals surface area contributed by atoms with Gasteiger partial charge >= 0.3 is 0 Å². The first-order valence-corrected chi connectivity index (χ1v) is 4.71. The summed E-state index contributed by atoms with van der Waals surface area (Å²) < 4.78 is 26.2. The van der Waals surface area contributed by atoms with Crippen LogP contribution >= 0.6 is 0 Å². The van der Waals surface area contributed by atoms with E-state index < -0.39 is 29.7 Å². The van der Waals surface area contributed by atoms with Gasteiger partial charge in [0.15, 0.2) is 23.3 Å². The van der Waals surface area contributed by atoms with Crippen LogP contribution < -0.4 is 10.6 Å². The highest BCUT2D eigenvalue weighted by Crippen LogP contribution is 2.24. The molecule has 7 heteroatoms. The molecule has 0 bridgehead atoms. The molecule has 0 aliphatic carbocycles. The van der Waals surface area contributed by atoms with Crippen molar-refractivity contribution >= 4 is 11.6 Å². The molecule has 88 valence electrons. The van der Waals surface area contributed by atoms with Crippen LogP contribution in [0.25, 0.3) is 0 Å². The lowest BCUT2D eigenvalue weighted by Gasteiger charge is -2.17. The van der Waals surface area contributed by atoms with E-state index in [9.17, 15) is 19.0 Å². The van der Waals surface area contributed by atoms with Crippen molar-refractivity contribution in [2.45, 2.75) is 12.2 Å². The molecular weight excluding hydrogens is 220 g/mol. The van der Waals surface area contributed by atoms with E-state index in [0.717, 1.165) is 0 Å². The van der Waals surface area contributed by atoms with Crippen molar-refractivity contribution in [3.8, 4) is 0 Å². The van der Waals surface area contributed by atoms with Crippen molar-refractivity contribution in [3.05, 3.63) is 17.7 Å². The predicted octanol–water partition coefficient (Wildman–Crippen LogP) is -0.516. The largest absolute Gasteiger partial charge is 0.389 e. The van der Waals surface area contributed by atoms with Crippen LogP contribution in [0.15, 0.2) is 6.07 Å². The van der Waals surface area contributed by atoms with E-state index in [1.54, 1.807) is 0 Å². The molecule has 2 unspecified atom stereocenters. The summed E-state index contributed by atoms with van der Waals surface area (Å²) in [5.41, 5.74) is 5.22. The van der Waals surface area contributed by atoms with Gasteiger partial charge in [-0.15, -0.1) is 0 Å². The Labute approximate surface area is 90.1 Å². The highest BCUT2D eigenvalue weighted by Gasteiger charge is 2.32. The Morgan fingerprint density at radius 1 is 1.25 bits per heavy atom. The number of nitrogens with two attached hydrogens (primary N) is 1. The van der Waals surface area contributed by atoms with Crippen LogP contribution in [0.3, 0.4) is 0 Å². The van der Waals surface area contributed by atoms with Crippen molar-refractivity contribution in [1.29, 1.82) is 0 Å². The molecule has 0 spiro atoms. The maximum Gasteiger partial charge on any atom is 0.168 e. The SMILES string of the molecule is Nc1nc(N2CC(O)C(O)C2)c(F)cc1F. The van der Waals surface area contributed by atoms with E-state index in [2.05, 4.69) is 4.98 Å². The van der Waals surface area contributed by atoms with Gasteiger partial charge in [0.25, 0.3) is 0 Å². The molecule has 16 heavy (non-hydrogen) atoms. The summed E-state index contributed by atoms with van der Waals surface area (Å²) in [5, 5.41) is 18.6. The van der Waals surface area contributed by atoms with E-state index in [4.69, 9.17) is 5.73 Å². The Morgan fingerprint density at radius 3 is 2.38 bits per heavy atom. The zero-order valence-electron chi connectivity index (χ0n) is 8.27. The molecule has 0 saturated carbocycles. The first-order chi connectivity index (χ1) is 7.49. The Morgan fingerprint density at radius 2 is 1.81 bits per heavy atom. The lowest BCUT2D eigenvalue weighted by molar-refractivity contribution is 0.0572. The van der Waals surface area contributed by atoms with Gasteiger partial charge in [-0.25, -0.2) is 13.8 Å². The normalized spacial score (nSPS) is 25.1. The van der Waals surface area contributed by atoms with E-state index in [1.807, 2.05) is 0 Å². The lowest BCUT2D eigenvalue weighted by Crippen LogP contribution is -2.24. The van der Waals surface area contributed by atoms with Gasteiger partial charge < -0.3 is 20.8 Å². The van der Waals surface area contributed by atoms with Crippen LogP contribution in [0.2, 0.25) is 0 Å². The fraction of sp³-hybridized carbons (Fsp3) is 0.444. The molecule has 0 aromatic carbocycles. The zero-order chi connectivity index (χ0) is 11.9. The van der Waals surface area contributed by atoms with Gasteiger partial charge in [0, 0.05) is 19.2 Å². The molecule has 1 saturated heterocycles. The number of pyridine rings is 1. The summed E-state index contributed by atoms with van der Waals surface area (Å²) in [7, 11) is 0. The van der Waals surface area contributed by atoms with Gasteiger partial charge in [-0.05, 0) is 0 Å². The monoisotopic (exact) mass is 231 g/mol. The summed E-state index contributed by atoms with van der Waals surface area (Å²) in [5.74, 6) is -2.36. The minimum atomic E-state index is -0.965. The van der Waals surface area contributed by atoms with Gasteiger partial charge in [0.2, 0.25) is 0 Å². The first kappa shape index (κ1) is 11.0. The predicted molar refractivity (Wildman–Crippen MR) is 52.8 cm³/mol. The Hall–Kier alpha value is -1.47. The second-order valence-electron chi connectivity index (χ2n) is 3.70. The second kappa shape index (κ2) is 3.84. The molecule has 2 atom stereocenters. The van der Waals surface area contributed by atoms with Crippen molar-refractivity contribution in [2.75, 3.05) is 23.7 Å². The van der Waals surface area contributed by atoms with Gasteiger partial charge in [-0.1, -0.05) is 0 Å². The van der Waals surface area contributed by atoms with Crippen molar-refractivity contribution < 1.29 is 19.0 Å². The number of anilines is 2. The molecular formula is C9H11F2N3O2. The molecule has 1 aromatic rings. The van der Waals surface area contributed by atoms with E-state index >= 15 is 0 Å². The van der Waals surface area contributed by atoms with Gasteiger partial charge in [0.1, 0.15) is 0 Å². The topological polar surface area (TPSA) is 82.6 Å². The number of aromatic nitrogens is 1. The van der Waals surface area contributed by atoms with E-state index in [-0.39, 0.29) is 18.9 Å². The van der Waals surface area contributed by atoms with Crippen LogP contribution in [-0.4, -0.2) is 40.5 Å². The highest BCUT2D eigenvalue weighted by molar-refractivity contribution is 5.48. The van der Waals surface area contributed by atoms with Gasteiger partial charge in [0.05, 0.1) is 12.2 Å². The quantitative estimate of drug-likeness (QED) is 0.606. The molecule has 2 rings (SSSR count). The number of β-amino-alcohol motifs (C(OH)–C–C–N with tert-alkyl or cyclic N) is 2. The fourth-order valence-electron chi connectivity index (χ4n) is 1.63. The van der Waals surface area contributed by atoms with Crippen molar-refractivity contribution in [3.63, 3.8) is 0 Å². The molecule has 1 aliphatic rings. The molecule has 0 radical (unpaired) electrons. The summed E-state index contributed by atoms with van der Waals surface area (Å²) in [4.78, 5) is 4.87. The van der Waals surface area contributed by atoms with E-state index in [0.29, 0.717) is 6.07 Å². The Balaban J connectivity index is 2.31. The number of nitrogen functional groups attached to an aromatic ring is 1. The number of rotatable bonds is 1. The molecule has 1 aromatic heterocycles. The number of hydrogen-bond acceptors (Lipinski definition) is 5. The van der Waals surface area contributed by atoms with Crippen molar-refractivity contribution in [2.24, 2.45) is 0 Å². The number of nitrogens with zero attached hydrogens (tertiary/aromatic N) is 2. The zero-order valence-corrected chi connectivity index (χ0v) is 8.27. The number of halogens is 2. The van der Waals surface area contributed by atoms with Crippen LogP contribution in [0.5, 0.6) is 0 Å². The average Bonchev–Trinajstić information content (AvgIpc) is 2.53. The smallest absolute Gasteiger partial charge is 0.168 e. The number of hydrogen-bond donors (Lipinski definition) is 3. The standard InChI is InChI=1S/C9H11F2N3O2/c10-4-1-5(11)9(13-8(4)12)14-2-6(15)7(16)3-14/h1,6-7,15-16H,2-3H2,(H2,12,13). The van der Waals surface area contributed by atoms with Gasteiger partial charge in [-0.2, -0.15) is 0 Å². The van der Waals surface area contributed by atoms with E-state index in [1.165, 1.54) is 4.90 Å². The summed E-state index contributed by atoms with van der Waals surface area (Å²) in [6, 6.07) is 0.634. The molecule has 2 heterocycles. The maximum absolute atomic E-state index is 13.4. The van der Waals surface area contributed by atoms with Crippen LogP contribution in [0.1, 0.15) is 0 Å². The Kier molecular flexibility index (Phi) is 2.64. The molecule has 4 N–H and O–H groups in total. The summed E-state index contributed by atoms with van der Waals surface area (Å²) in [6.45, 7) is 0.0757. The van der Waals surface area contributed by atoms with Crippen molar-refractivity contribution in [1.82, 2.24) is 4.98 Å². The molecule has 1 fully saturated rings. The second-order valence-corrected chi connectivity index (χ2v) is 3.70. The number of aliphatic hydroxyl groups is 2. The van der Waals surface area contributed by atoms with Crippen LogP contribution in [0.4, 0.5) is 20.4 Å². The third kappa shape index (κ3) is 1.79. The molecule has 5 nitrogen and oxygen atoms in total. The van der Waals surface area contributed by atoms with Crippen LogP contribution in [0, 0.1) is 11.6 Å². The third-order valence-electron chi connectivity index (χ3n) is 2.50. The minimum absolute atomic E-state index is 0.0379. The lowest BCUT2D eigenvalue weighted by atomic mass is 10.3. The average molecular weight is 231 g/mol. The minimum Gasteiger partial charge on any atom is -0.389 e. The highest BCUT2D eigenvalue weighted by atomic mass is 19.1.